The molecule has 1 amide bonds. The number of benzene rings is 2. The number of carbonyl (C=O) groups is 1. The highest BCUT2D eigenvalue weighted by Crippen LogP contribution is 2.25. The van der Waals surface area contributed by atoms with Gasteiger partial charge >= 0.3 is 0 Å². The van der Waals surface area contributed by atoms with E-state index in [1.807, 2.05) is 36.1 Å². The molecule has 1 aromatic heterocycles. The minimum Gasteiger partial charge on any atom is -0.420 e. The molecule has 1 saturated heterocycles. The lowest BCUT2D eigenvalue weighted by Gasteiger charge is -2.34. The molecule has 2 aromatic carbocycles. The van der Waals surface area contributed by atoms with Gasteiger partial charge in [-0.1, -0.05) is 17.7 Å². The van der Waals surface area contributed by atoms with E-state index >= 15 is 0 Å². The van der Waals surface area contributed by atoms with Crippen LogP contribution in [0.15, 0.2) is 52.9 Å². The first kappa shape index (κ1) is 21.8. The fourth-order valence-corrected chi connectivity index (χ4v) is 3.55. The van der Waals surface area contributed by atoms with Gasteiger partial charge in [0.1, 0.15) is 6.07 Å². The molecule has 1 aliphatic heterocycles. The number of hydrogen-bond acceptors (Lipinski definition) is 7. The Balaban J connectivity index is 1.42. The molecule has 9 heteroatoms. The summed E-state index contributed by atoms with van der Waals surface area (Å²) >= 11 is 0. The molecule has 0 N–H and O–H groups in total. The average Bonchev–Trinajstić information content (AvgIpc) is 3.26. The highest BCUT2D eigenvalue weighted by molar-refractivity contribution is 5.94. The van der Waals surface area contributed by atoms with Gasteiger partial charge in [-0.15, -0.1) is 0 Å². The van der Waals surface area contributed by atoms with Crippen molar-refractivity contribution < 1.29 is 14.1 Å². The van der Waals surface area contributed by atoms with E-state index in [4.69, 9.17) is 4.42 Å². The number of piperazine rings is 1. The lowest BCUT2D eigenvalue weighted by atomic mass is 10.1. The number of amides is 1. The second kappa shape index (κ2) is 9.36. The van der Waals surface area contributed by atoms with E-state index < -0.39 is 4.92 Å². The second-order valence-electron chi connectivity index (χ2n) is 7.64. The lowest BCUT2D eigenvalue weighted by molar-refractivity contribution is -0.384. The minimum atomic E-state index is -0.457. The Morgan fingerprint density at radius 1 is 1.09 bits per heavy atom. The Morgan fingerprint density at radius 2 is 1.76 bits per heavy atom. The first-order chi connectivity index (χ1) is 15.9. The topological polar surface area (TPSA) is 117 Å². The molecule has 2 heterocycles. The van der Waals surface area contributed by atoms with Gasteiger partial charge in [0.2, 0.25) is 17.5 Å². The highest BCUT2D eigenvalue weighted by atomic mass is 16.6. The van der Waals surface area contributed by atoms with Crippen molar-refractivity contribution in [1.82, 2.24) is 9.88 Å². The van der Waals surface area contributed by atoms with E-state index in [0.29, 0.717) is 37.6 Å². The summed E-state index contributed by atoms with van der Waals surface area (Å²) in [5.41, 5.74) is 2.69. The number of aryl methyl sites for hydroxylation is 1. The zero-order valence-electron chi connectivity index (χ0n) is 18.0. The van der Waals surface area contributed by atoms with Crippen molar-refractivity contribution in [3.05, 3.63) is 86.9 Å². The molecular formula is C24H21N5O4. The van der Waals surface area contributed by atoms with E-state index in [1.165, 1.54) is 12.1 Å². The van der Waals surface area contributed by atoms with Crippen molar-refractivity contribution in [3.8, 4) is 6.07 Å². The number of nitrogens with zero attached hydrogens (tertiary/aromatic N) is 5. The molecule has 0 unspecified atom stereocenters. The number of oxazole rings is 1. The van der Waals surface area contributed by atoms with Crippen molar-refractivity contribution in [2.75, 3.05) is 31.1 Å². The molecule has 4 rings (SSSR count). The Hall–Kier alpha value is -4.45. The quantitative estimate of drug-likeness (QED) is 0.434. The van der Waals surface area contributed by atoms with Gasteiger partial charge in [-0.05, 0) is 42.8 Å². The van der Waals surface area contributed by atoms with E-state index in [0.717, 1.165) is 11.1 Å². The minimum absolute atomic E-state index is 0.0114. The number of non-ortho nitro benzene ring substituents is 1. The van der Waals surface area contributed by atoms with Gasteiger partial charge in [-0.25, -0.2) is 0 Å². The fourth-order valence-electron chi connectivity index (χ4n) is 3.55. The van der Waals surface area contributed by atoms with Gasteiger partial charge in [0.05, 0.1) is 4.92 Å². The molecule has 9 nitrogen and oxygen atoms in total. The molecule has 1 aliphatic rings. The molecule has 33 heavy (non-hydrogen) atoms. The van der Waals surface area contributed by atoms with Crippen molar-refractivity contribution in [3.63, 3.8) is 0 Å². The van der Waals surface area contributed by atoms with Crippen LogP contribution in [0.2, 0.25) is 0 Å². The van der Waals surface area contributed by atoms with Gasteiger partial charge in [0, 0.05) is 50.0 Å². The number of hydrogen-bond donors (Lipinski definition) is 0. The monoisotopic (exact) mass is 443 g/mol. The summed E-state index contributed by atoms with van der Waals surface area (Å²) < 4.78 is 5.82. The number of nitro benzene ring substituents is 1. The molecule has 0 spiro atoms. The van der Waals surface area contributed by atoms with Crippen LogP contribution < -0.4 is 4.90 Å². The highest BCUT2D eigenvalue weighted by Gasteiger charge is 2.26. The number of aromatic nitrogens is 1. The Morgan fingerprint density at radius 3 is 2.36 bits per heavy atom. The van der Waals surface area contributed by atoms with Crippen molar-refractivity contribution >= 4 is 29.6 Å². The zero-order valence-corrected chi connectivity index (χ0v) is 18.0. The third-order valence-electron chi connectivity index (χ3n) is 5.41. The third kappa shape index (κ3) is 4.91. The summed E-state index contributed by atoms with van der Waals surface area (Å²) in [5.74, 6) is 0.626. The fraction of sp³-hybridized carbons (Fsp3) is 0.208. The van der Waals surface area contributed by atoms with E-state index in [-0.39, 0.29) is 23.2 Å². The number of anilines is 1. The number of rotatable bonds is 5. The van der Waals surface area contributed by atoms with Gasteiger partial charge in [-0.2, -0.15) is 10.2 Å². The van der Waals surface area contributed by atoms with Gasteiger partial charge in [0.15, 0.2) is 0 Å². The number of nitriles is 1. The predicted octanol–water partition coefficient (Wildman–Crippen LogP) is 3.90. The Bertz CT molecular complexity index is 1230. The molecule has 1 fully saturated rings. The summed E-state index contributed by atoms with van der Waals surface area (Å²) in [6.07, 6.45) is 3.32. The average molecular weight is 443 g/mol. The van der Waals surface area contributed by atoms with E-state index in [9.17, 15) is 20.2 Å². The molecule has 0 bridgehead atoms. The van der Waals surface area contributed by atoms with Crippen molar-refractivity contribution in [2.24, 2.45) is 0 Å². The van der Waals surface area contributed by atoms with Gasteiger partial charge < -0.3 is 14.2 Å². The molecule has 0 saturated carbocycles. The molecule has 0 radical (unpaired) electrons. The third-order valence-corrected chi connectivity index (χ3v) is 5.41. The Labute approximate surface area is 190 Å². The van der Waals surface area contributed by atoms with Crippen molar-refractivity contribution in [2.45, 2.75) is 6.92 Å². The standard InChI is InChI=1S/C24H21N5O4/c1-17-2-7-19(8-3-17)23(30)27-12-14-28(15-13-27)24-21(16-25)26-22(33-24)11-6-18-4-9-20(10-5-18)29(31)32/h2-11H,12-15H2,1H3/b11-6+. The SMILES string of the molecule is Cc1ccc(C(=O)N2CCN(c3oc(/C=C/c4ccc([N+](=O)[O-])cc4)nc3C#N)CC2)cc1. The molecule has 166 valence electrons. The van der Waals surface area contributed by atoms with Crippen LogP contribution in [0.25, 0.3) is 12.2 Å². The lowest BCUT2D eigenvalue weighted by Crippen LogP contribution is -2.48. The van der Waals surface area contributed by atoms with Crippen LogP contribution in [0.3, 0.4) is 0 Å². The van der Waals surface area contributed by atoms with Crippen LogP contribution in [0, 0.1) is 28.4 Å². The second-order valence-corrected chi connectivity index (χ2v) is 7.64. The van der Waals surface area contributed by atoms with Crippen LogP contribution in [0.5, 0.6) is 0 Å². The Kier molecular flexibility index (Phi) is 6.17. The van der Waals surface area contributed by atoms with Crippen LogP contribution in [0.4, 0.5) is 11.6 Å². The van der Waals surface area contributed by atoms with Crippen LogP contribution in [0.1, 0.15) is 33.1 Å². The zero-order chi connectivity index (χ0) is 23.4. The summed E-state index contributed by atoms with van der Waals surface area (Å²) in [6.45, 7) is 4.03. The van der Waals surface area contributed by atoms with Gasteiger partial charge in [-0.3, -0.25) is 14.9 Å². The first-order valence-electron chi connectivity index (χ1n) is 10.4. The van der Waals surface area contributed by atoms with E-state index in [1.54, 1.807) is 29.2 Å². The van der Waals surface area contributed by atoms with Gasteiger partial charge in [0.25, 0.3) is 11.6 Å². The molecular weight excluding hydrogens is 422 g/mol. The van der Waals surface area contributed by atoms with Crippen LogP contribution >= 0.6 is 0 Å². The molecule has 0 aliphatic carbocycles. The molecule has 0 atom stereocenters. The maximum atomic E-state index is 12.7. The largest absolute Gasteiger partial charge is 0.420 e. The summed E-state index contributed by atoms with van der Waals surface area (Å²) in [6, 6.07) is 15.6. The predicted molar refractivity (Wildman–Crippen MR) is 123 cm³/mol. The maximum absolute atomic E-state index is 12.7. The number of carbonyl (C=O) groups excluding carboxylic acids is 1. The smallest absolute Gasteiger partial charge is 0.269 e. The number of nitro groups is 1. The van der Waals surface area contributed by atoms with Crippen LogP contribution in [-0.2, 0) is 0 Å². The molecule has 3 aromatic rings. The normalized spacial score (nSPS) is 13.8. The van der Waals surface area contributed by atoms with Crippen LogP contribution in [-0.4, -0.2) is 46.9 Å². The maximum Gasteiger partial charge on any atom is 0.269 e. The summed E-state index contributed by atoms with van der Waals surface area (Å²) in [7, 11) is 0. The van der Waals surface area contributed by atoms with E-state index in [2.05, 4.69) is 11.1 Å². The summed E-state index contributed by atoms with van der Waals surface area (Å²) in [5, 5.41) is 20.3. The first-order valence-corrected chi connectivity index (χ1v) is 10.4. The summed E-state index contributed by atoms with van der Waals surface area (Å²) in [4.78, 5) is 31.0. The van der Waals surface area contributed by atoms with Crippen molar-refractivity contribution in [1.29, 1.82) is 5.26 Å².